The molecule has 0 amide bonds. The molecule has 1 aliphatic rings. The summed E-state index contributed by atoms with van der Waals surface area (Å²) in [5.41, 5.74) is -1.44. The van der Waals surface area contributed by atoms with Crippen molar-refractivity contribution in [2.75, 3.05) is 0 Å². The van der Waals surface area contributed by atoms with Gasteiger partial charge in [-0.3, -0.25) is 0 Å². The van der Waals surface area contributed by atoms with Crippen LogP contribution in [0.25, 0.3) is 10.8 Å². The van der Waals surface area contributed by atoms with Crippen LogP contribution in [-0.4, -0.2) is 0 Å². The minimum atomic E-state index is -5.22. The maximum Gasteiger partial charge on any atom is 0.422 e. The van der Waals surface area contributed by atoms with Crippen molar-refractivity contribution in [2.45, 2.75) is 70.4 Å². The van der Waals surface area contributed by atoms with Gasteiger partial charge in [-0.25, -0.2) is 13.2 Å². The third kappa shape index (κ3) is 4.31. The maximum absolute atomic E-state index is 14.5. The second-order valence-electron chi connectivity index (χ2n) is 7.86. The Labute approximate surface area is 160 Å². The number of benzene rings is 2. The molecule has 0 spiro atoms. The Morgan fingerprint density at radius 1 is 0.893 bits per heavy atom. The third-order valence-electron chi connectivity index (χ3n) is 5.92. The lowest BCUT2D eigenvalue weighted by Crippen LogP contribution is -2.14. The number of rotatable bonds is 5. The Balaban J connectivity index is 1.85. The summed E-state index contributed by atoms with van der Waals surface area (Å²) in [7, 11) is 0. The summed E-state index contributed by atoms with van der Waals surface area (Å²) in [6.07, 6.45) is 3.30. The number of hydrogen-bond donors (Lipinski definition) is 0. The van der Waals surface area contributed by atoms with E-state index in [0.29, 0.717) is 17.5 Å². The Morgan fingerprint density at radius 3 is 2.18 bits per heavy atom. The van der Waals surface area contributed by atoms with Crippen LogP contribution in [0.2, 0.25) is 0 Å². The van der Waals surface area contributed by atoms with Crippen LogP contribution in [-0.2, 0) is 6.18 Å². The zero-order valence-corrected chi connectivity index (χ0v) is 15.8. The molecule has 0 nitrogen and oxygen atoms in total. The number of alkyl halides is 3. The van der Waals surface area contributed by atoms with E-state index in [2.05, 4.69) is 6.92 Å². The van der Waals surface area contributed by atoms with Crippen molar-refractivity contribution in [1.82, 2.24) is 0 Å². The van der Waals surface area contributed by atoms with Gasteiger partial charge in [0.1, 0.15) is 23.0 Å². The van der Waals surface area contributed by atoms with E-state index in [-0.39, 0.29) is 11.3 Å². The van der Waals surface area contributed by atoms with E-state index >= 15 is 0 Å². The van der Waals surface area contributed by atoms with Crippen molar-refractivity contribution in [2.24, 2.45) is 5.92 Å². The normalized spacial score (nSPS) is 20.7. The van der Waals surface area contributed by atoms with Gasteiger partial charge in [-0.05, 0) is 60.6 Å². The fraction of sp³-hybridized carbons (Fsp3) is 0.545. The molecule has 2 aromatic rings. The smallest absolute Gasteiger partial charge is 0.206 e. The van der Waals surface area contributed by atoms with Crippen molar-refractivity contribution in [1.29, 1.82) is 0 Å². The highest BCUT2D eigenvalue weighted by atomic mass is 19.4. The topological polar surface area (TPSA) is 0 Å². The molecule has 3 rings (SSSR count). The summed E-state index contributed by atoms with van der Waals surface area (Å²) >= 11 is 0. The predicted molar refractivity (Wildman–Crippen MR) is 97.7 cm³/mol. The highest BCUT2D eigenvalue weighted by Gasteiger charge is 2.39. The molecule has 1 fully saturated rings. The molecule has 0 saturated heterocycles. The molecule has 0 heterocycles. The molecule has 2 aromatic carbocycles. The van der Waals surface area contributed by atoms with Gasteiger partial charge in [-0.15, -0.1) is 0 Å². The largest absolute Gasteiger partial charge is 0.422 e. The predicted octanol–water partition coefficient (Wildman–Crippen LogP) is 8.13. The van der Waals surface area contributed by atoms with Crippen molar-refractivity contribution < 1.29 is 26.3 Å². The van der Waals surface area contributed by atoms with Gasteiger partial charge in [-0.1, -0.05) is 38.7 Å². The molecule has 1 saturated carbocycles. The number of unbranched alkanes of at least 4 members (excludes halogenated alkanes) is 2. The van der Waals surface area contributed by atoms with Gasteiger partial charge in [0.25, 0.3) is 0 Å². The highest BCUT2D eigenvalue weighted by molar-refractivity contribution is 5.85. The van der Waals surface area contributed by atoms with Gasteiger partial charge >= 0.3 is 6.18 Å². The first kappa shape index (κ1) is 21.0. The SMILES string of the molecule is CCCCCC1CCC(c2cc(F)c3c(F)c(C(F)(F)F)c(F)cc3c2)CC1. The van der Waals surface area contributed by atoms with Crippen molar-refractivity contribution >= 4 is 10.8 Å². The summed E-state index contributed by atoms with van der Waals surface area (Å²) in [5.74, 6) is -3.95. The summed E-state index contributed by atoms with van der Waals surface area (Å²) < 4.78 is 81.3. The van der Waals surface area contributed by atoms with Gasteiger partial charge in [0, 0.05) is 0 Å². The van der Waals surface area contributed by atoms with Gasteiger partial charge in [-0.2, -0.15) is 13.2 Å². The second-order valence-corrected chi connectivity index (χ2v) is 7.86. The second kappa shape index (κ2) is 8.34. The van der Waals surface area contributed by atoms with E-state index < -0.39 is 34.6 Å². The van der Waals surface area contributed by atoms with Crippen molar-refractivity contribution in [3.05, 3.63) is 46.8 Å². The Hall–Kier alpha value is -1.72. The van der Waals surface area contributed by atoms with E-state index in [0.717, 1.165) is 31.7 Å². The Kier molecular flexibility index (Phi) is 6.25. The number of halogens is 6. The number of fused-ring (bicyclic) bond motifs is 1. The van der Waals surface area contributed by atoms with Gasteiger partial charge in [0.05, 0.1) is 5.39 Å². The maximum atomic E-state index is 14.5. The standard InChI is InChI=1S/C22H24F6/c1-2-3-4-5-13-6-8-14(9-7-13)15-10-16-12-18(24)20(22(26,27)28)21(25)19(16)17(23)11-15/h10-14H,2-9H2,1H3. The van der Waals surface area contributed by atoms with Gasteiger partial charge < -0.3 is 0 Å². The van der Waals surface area contributed by atoms with Crippen LogP contribution in [0.15, 0.2) is 18.2 Å². The lowest BCUT2D eigenvalue weighted by molar-refractivity contribution is -0.142. The Bertz CT molecular complexity index is 831. The van der Waals surface area contributed by atoms with Crippen LogP contribution in [0.4, 0.5) is 26.3 Å². The quantitative estimate of drug-likeness (QED) is 0.350. The molecule has 0 radical (unpaired) electrons. The number of hydrogen-bond acceptors (Lipinski definition) is 0. The van der Waals surface area contributed by atoms with Crippen LogP contribution in [0.1, 0.15) is 75.3 Å². The van der Waals surface area contributed by atoms with Crippen molar-refractivity contribution in [3.8, 4) is 0 Å². The lowest BCUT2D eigenvalue weighted by Gasteiger charge is -2.29. The molecule has 0 aliphatic heterocycles. The molecule has 154 valence electrons. The fourth-order valence-corrected chi connectivity index (χ4v) is 4.40. The van der Waals surface area contributed by atoms with E-state index in [1.54, 1.807) is 0 Å². The molecule has 1 aliphatic carbocycles. The fourth-order valence-electron chi connectivity index (χ4n) is 4.40. The van der Waals surface area contributed by atoms with Gasteiger partial charge in [0.2, 0.25) is 0 Å². The molecule has 0 N–H and O–H groups in total. The minimum absolute atomic E-state index is 0.0646. The zero-order valence-electron chi connectivity index (χ0n) is 15.8. The molecule has 0 aromatic heterocycles. The van der Waals surface area contributed by atoms with Crippen LogP contribution in [0, 0.1) is 23.4 Å². The van der Waals surface area contributed by atoms with Crippen LogP contribution < -0.4 is 0 Å². The van der Waals surface area contributed by atoms with E-state index in [1.807, 2.05) is 0 Å². The highest BCUT2D eigenvalue weighted by Crippen LogP contribution is 2.41. The Morgan fingerprint density at radius 2 is 1.57 bits per heavy atom. The van der Waals surface area contributed by atoms with Crippen LogP contribution >= 0.6 is 0 Å². The first-order chi connectivity index (χ1) is 13.2. The van der Waals surface area contributed by atoms with E-state index in [4.69, 9.17) is 0 Å². The van der Waals surface area contributed by atoms with E-state index in [1.165, 1.54) is 31.7 Å². The summed E-state index contributed by atoms with van der Waals surface area (Å²) in [6.45, 7) is 2.16. The average Bonchev–Trinajstić information content (AvgIpc) is 2.60. The van der Waals surface area contributed by atoms with E-state index in [9.17, 15) is 26.3 Å². The zero-order chi connectivity index (χ0) is 20.5. The molecular weight excluding hydrogens is 378 g/mol. The molecule has 28 heavy (non-hydrogen) atoms. The van der Waals surface area contributed by atoms with Crippen LogP contribution in [0.5, 0.6) is 0 Å². The van der Waals surface area contributed by atoms with Crippen molar-refractivity contribution in [3.63, 3.8) is 0 Å². The molecule has 6 heteroatoms. The monoisotopic (exact) mass is 402 g/mol. The molecular formula is C22H24F6. The molecule has 0 bridgehead atoms. The third-order valence-corrected chi connectivity index (χ3v) is 5.92. The summed E-state index contributed by atoms with van der Waals surface area (Å²) in [4.78, 5) is 0. The molecule has 0 unspecified atom stereocenters. The minimum Gasteiger partial charge on any atom is -0.206 e. The average molecular weight is 402 g/mol. The summed E-state index contributed by atoms with van der Waals surface area (Å²) in [6, 6.07) is 3.14. The van der Waals surface area contributed by atoms with Gasteiger partial charge in [0.15, 0.2) is 0 Å². The van der Waals surface area contributed by atoms with Crippen LogP contribution in [0.3, 0.4) is 0 Å². The summed E-state index contributed by atoms with van der Waals surface area (Å²) in [5, 5.41) is -0.964. The first-order valence-electron chi connectivity index (χ1n) is 9.90. The lowest BCUT2D eigenvalue weighted by atomic mass is 9.76. The molecule has 0 atom stereocenters. The first-order valence-corrected chi connectivity index (χ1v) is 9.90.